The van der Waals surface area contributed by atoms with Gasteiger partial charge in [-0.05, 0) is 0 Å². The van der Waals surface area contributed by atoms with Gasteiger partial charge in [-0.15, -0.1) is 0 Å². The van der Waals surface area contributed by atoms with Crippen LogP contribution < -0.4 is 0 Å². The first-order valence-electron chi connectivity index (χ1n) is 1.34. The van der Waals surface area contributed by atoms with Gasteiger partial charge in [-0.2, -0.15) is 0 Å². The molecular weight excluding hydrogens is 100 g/mol. The van der Waals surface area contributed by atoms with Gasteiger partial charge >= 0.3 is 10.1 Å². The second-order valence-electron chi connectivity index (χ2n) is 0.447. The lowest BCUT2D eigenvalue weighted by Crippen LogP contribution is -1.85. The molecular formula is C2H6O3Si. The van der Waals surface area contributed by atoms with Crippen molar-refractivity contribution in [2.75, 3.05) is 13.2 Å². The first kappa shape index (κ1) is 9.34. The van der Waals surface area contributed by atoms with E-state index < -0.39 is 0 Å². The molecule has 3 nitrogen and oxygen atoms in total. The van der Waals surface area contributed by atoms with Crippen LogP contribution in [-0.4, -0.2) is 33.6 Å². The van der Waals surface area contributed by atoms with Crippen molar-refractivity contribution in [3.8, 4) is 0 Å². The molecule has 0 aromatic carbocycles. The predicted molar refractivity (Wildman–Crippen MR) is 20.6 cm³/mol. The molecule has 0 rings (SSSR count). The molecule has 2 radical (unpaired) electrons. The van der Waals surface area contributed by atoms with Crippen LogP contribution in [0.1, 0.15) is 0 Å². The monoisotopic (exact) mass is 106 g/mol. The molecule has 0 heterocycles. The Labute approximate surface area is 39.1 Å². The molecule has 4 heteroatoms. The van der Waals surface area contributed by atoms with Crippen molar-refractivity contribution in [2.24, 2.45) is 0 Å². The molecule has 0 aliphatic heterocycles. The third-order valence-electron chi connectivity index (χ3n) is 0.1000. The number of rotatable bonds is 1. The smallest absolute Gasteiger partial charge is 0.381 e. The third kappa shape index (κ3) is 38.7. The largest absolute Gasteiger partial charge is 0.394 e. The fraction of sp³-hybridized carbons (Fsp3) is 1.00. The van der Waals surface area contributed by atoms with E-state index in [2.05, 4.69) is 0 Å². The van der Waals surface area contributed by atoms with Crippen molar-refractivity contribution < 1.29 is 14.7 Å². The molecule has 0 fully saturated rings. The van der Waals surface area contributed by atoms with E-state index in [1.807, 2.05) is 0 Å². The van der Waals surface area contributed by atoms with Crippen LogP contribution in [0.2, 0.25) is 0 Å². The Morgan fingerprint density at radius 1 is 1.17 bits per heavy atom. The van der Waals surface area contributed by atoms with Crippen LogP contribution in [0.4, 0.5) is 0 Å². The third-order valence-corrected chi connectivity index (χ3v) is 0.1000. The maximum atomic E-state index is 8.06. The molecule has 0 aliphatic rings. The van der Waals surface area contributed by atoms with E-state index in [4.69, 9.17) is 14.7 Å². The number of aliphatic hydroxyl groups excluding tert-OH is 2. The van der Waals surface area contributed by atoms with Gasteiger partial charge in [-0.1, -0.05) is 0 Å². The highest BCUT2D eigenvalue weighted by molar-refractivity contribution is 5.85. The molecule has 2 N–H and O–H groups in total. The second kappa shape index (κ2) is 20.4. The fourth-order valence-corrected chi connectivity index (χ4v) is 0. The maximum Gasteiger partial charge on any atom is 0.381 e. The molecule has 0 aromatic heterocycles. The maximum absolute atomic E-state index is 8.06. The van der Waals surface area contributed by atoms with Crippen LogP contribution in [0.25, 0.3) is 0 Å². The molecule has 36 valence electrons. The van der Waals surface area contributed by atoms with Gasteiger partial charge in [0.15, 0.2) is 0 Å². The second-order valence-corrected chi connectivity index (χ2v) is 0.447. The summed E-state index contributed by atoms with van der Waals surface area (Å²) < 4.78 is 8.06. The van der Waals surface area contributed by atoms with Crippen LogP contribution in [0, 0.1) is 0 Å². The van der Waals surface area contributed by atoms with Crippen LogP contribution in [-0.2, 0) is 4.46 Å². The molecule has 6 heavy (non-hydrogen) atoms. The van der Waals surface area contributed by atoms with E-state index >= 15 is 0 Å². The lowest BCUT2D eigenvalue weighted by Gasteiger charge is -1.70. The Bertz CT molecular complexity index is 16.3. The molecule has 0 bridgehead atoms. The van der Waals surface area contributed by atoms with E-state index in [-0.39, 0.29) is 13.2 Å². The minimum absolute atomic E-state index is 0.125. The highest BCUT2D eigenvalue weighted by Gasteiger charge is 1.58. The topological polar surface area (TPSA) is 57.5 Å². The number of aliphatic hydroxyl groups is 2. The van der Waals surface area contributed by atoms with Crippen molar-refractivity contribution in [1.82, 2.24) is 0 Å². The first-order chi connectivity index (χ1) is 2.91. The SMILES string of the molecule is O=[Si].OCCO. The molecule has 0 amide bonds. The molecule has 0 spiro atoms. The van der Waals surface area contributed by atoms with E-state index in [1.54, 1.807) is 10.1 Å². The Morgan fingerprint density at radius 2 is 1.33 bits per heavy atom. The van der Waals surface area contributed by atoms with E-state index in [9.17, 15) is 0 Å². The molecule has 0 saturated heterocycles. The molecule has 0 aliphatic carbocycles. The quantitative estimate of drug-likeness (QED) is 0.399. The van der Waals surface area contributed by atoms with Crippen molar-refractivity contribution >= 4 is 10.1 Å². The van der Waals surface area contributed by atoms with Crippen molar-refractivity contribution in [2.45, 2.75) is 0 Å². The Balaban J connectivity index is 0. The average molecular weight is 106 g/mol. The normalized spacial score (nSPS) is 5.67. The zero-order chi connectivity index (χ0) is 5.41. The molecule has 0 saturated carbocycles. The fourth-order valence-electron chi connectivity index (χ4n) is 0. The van der Waals surface area contributed by atoms with Gasteiger partial charge < -0.3 is 14.7 Å². The summed E-state index contributed by atoms with van der Waals surface area (Å²) in [6, 6.07) is 0. The summed E-state index contributed by atoms with van der Waals surface area (Å²) in [5.74, 6) is 0. The minimum Gasteiger partial charge on any atom is -0.394 e. The summed E-state index contributed by atoms with van der Waals surface area (Å²) >= 11 is 0. The average Bonchev–Trinajstić information content (AvgIpc) is 1.72. The van der Waals surface area contributed by atoms with Gasteiger partial charge in [0.25, 0.3) is 0 Å². The minimum atomic E-state index is -0.125. The van der Waals surface area contributed by atoms with Crippen LogP contribution in [0.3, 0.4) is 0 Å². The standard InChI is InChI=1S/C2H6O2.OSi/c3-1-2-4;1-2/h3-4H,1-2H2;. The van der Waals surface area contributed by atoms with Crippen LogP contribution in [0.5, 0.6) is 0 Å². The van der Waals surface area contributed by atoms with Gasteiger partial charge in [0.05, 0.1) is 13.2 Å². The Morgan fingerprint density at radius 3 is 1.33 bits per heavy atom. The Hall–Kier alpha value is -0.0631. The predicted octanol–water partition coefficient (Wildman–Crippen LogP) is -1.53. The lowest BCUT2D eigenvalue weighted by atomic mass is 10.8. The summed E-state index contributed by atoms with van der Waals surface area (Å²) in [7, 11) is 1.72. The van der Waals surface area contributed by atoms with E-state index in [0.29, 0.717) is 0 Å². The van der Waals surface area contributed by atoms with Gasteiger partial charge in [0.1, 0.15) is 0 Å². The lowest BCUT2D eigenvalue weighted by molar-refractivity contribution is 0.186. The summed E-state index contributed by atoms with van der Waals surface area (Å²) in [5.41, 5.74) is 0. The van der Waals surface area contributed by atoms with Gasteiger partial charge in [-0.25, -0.2) is 0 Å². The molecule has 0 aromatic rings. The summed E-state index contributed by atoms with van der Waals surface area (Å²) in [5, 5.41) is 15.2. The van der Waals surface area contributed by atoms with Gasteiger partial charge in [-0.3, -0.25) is 0 Å². The van der Waals surface area contributed by atoms with E-state index in [0.717, 1.165) is 0 Å². The van der Waals surface area contributed by atoms with Crippen molar-refractivity contribution in [1.29, 1.82) is 0 Å². The van der Waals surface area contributed by atoms with Crippen molar-refractivity contribution in [3.05, 3.63) is 0 Å². The van der Waals surface area contributed by atoms with E-state index in [1.165, 1.54) is 0 Å². The first-order valence-corrected chi connectivity index (χ1v) is 1.74. The highest BCUT2D eigenvalue weighted by atomic mass is 28.1. The number of hydrogen-bond acceptors (Lipinski definition) is 3. The zero-order valence-electron chi connectivity index (χ0n) is 3.22. The van der Waals surface area contributed by atoms with Crippen LogP contribution >= 0.6 is 0 Å². The highest BCUT2D eigenvalue weighted by Crippen LogP contribution is 1.39. The van der Waals surface area contributed by atoms with Gasteiger partial charge in [0.2, 0.25) is 0 Å². The summed E-state index contributed by atoms with van der Waals surface area (Å²) in [6.45, 7) is -0.250. The van der Waals surface area contributed by atoms with Crippen molar-refractivity contribution in [3.63, 3.8) is 0 Å². The number of hydrogen-bond donors (Lipinski definition) is 2. The van der Waals surface area contributed by atoms with Gasteiger partial charge in [0, 0.05) is 0 Å². The summed E-state index contributed by atoms with van der Waals surface area (Å²) in [6.07, 6.45) is 0. The summed E-state index contributed by atoms with van der Waals surface area (Å²) in [4.78, 5) is 0. The Kier molecular flexibility index (Phi) is 31.7. The zero-order valence-corrected chi connectivity index (χ0v) is 4.22. The molecule has 0 atom stereocenters. The molecule has 0 unspecified atom stereocenters. The van der Waals surface area contributed by atoms with Crippen LogP contribution in [0.15, 0.2) is 0 Å².